The van der Waals surface area contributed by atoms with Gasteiger partial charge in [-0.1, -0.05) is 51.9 Å². The molecular weight excluding hydrogens is 412 g/mol. The van der Waals surface area contributed by atoms with Crippen molar-refractivity contribution < 1.29 is 24.6 Å². The first kappa shape index (κ1) is 22.0. The van der Waals surface area contributed by atoms with Crippen LogP contribution in [0.15, 0.2) is 30.3 Å². The molecule has 1 spiro atoms. The van der Waals surface area contributed by atoms with E-state index in [0.29, 0.717) is 25.8 Å². The van der Waals surface area contributed by atoms with Gasteiger partial charge in [-0.05, 0) is 31.7 Å². The molecular formula is C20H26N2O5S2. The maximum atomic E-state index is 13.0. The molecule has 0 aromatic heterocycles. The van der Waals surface area contributed by atoms with Crippen molar-refractivity contribution in [2.24, 2.45) is 5.41 Å². The average molecular weight is 439 g/mol. The lowest BCUT2D eigenvalue weighted by molar-refractivity contribution is -0.149. The molecule has 0 unspecified atom stereocenters. The van der Waals surface area contributed by atoms with Gasteiger partial charge in [0.05, 0.1) is 6.04 Å². The SMILES string of the molecule is C[C@H](N[C@H](CCc1ccccc1)C(=O)O)C(=O)N1CC2(CSSC2)C[C@H]1C(=O)O. The molecule has 1 aromatic rings. The van der Waals surface area contributed by atoms with Crippen molar-refractivity contribution in [3.8, 4) is 0 Å². The molecule has 7 nitrogen and oxygen atoms in total. The number of amides is 1. The second-order valence-electron chi connectivity index (χ2n) is 7.85. The van der Waals surface area contributed by atoms with Crippen LogP contribution in [0.4, 0.5) is 0 Å². The lowest BCUT2D eigenvalue weighted by Crippen LogP contribution is -2.53. The predicted molar refractivity (Wildman–Crippen MR) is 114 cm³/mol. The number of benzene rings is 1. The van der Waals surface area contributed by atoms with Crippen molar-refractivity contribution in [3.05, 3.63) is 35.9 Å². The molecule has 1 amide bonds. The molecule has 3 N–H and O–H groups in total. The Labute approximate surface area is 178 Å². The standard InChI is InChI=1S/C20H26N2O5S2/c1-13(21-15(18(24)25)8-7-14-5-3-2-4-6-14)17(23)22-10-20(11-28-29-12-20)9-16(22)19(26)27/h2-6,13,15-16,21H,7-12H2,1H3,(H,24,25)(H,26,27)/t13-,15+,16-/m0/s1. The average Bonchev–Trinajstić information content (AvgIpc) is 3.32. The third-order valence-corrected chi connectivity index (χ3v) is 8.41. The number of carboxylic acid groups (broad SMARTS) is 2. The molecule has 158 valence electrons. The maximum Gasteiger partial charge on any atom is 0.326 e. The summed E-state index contributed by atoms with van der Waals surface area (Å²) in [6, 6.07) is 7.08. The quantitative estimate of drug-likeness (QED) is 0.530. The molecule has 3 atom stereocenters. The van der Waals surface area contributed by atoms with Gasteiger partial charge in [-0.15, -0.1) is 0 Å². The lowest BCUT2D eigenvalue weighted by atomic mass is 9.90. The molecule has 2 saturated heterocycles. The number of hydrogen-bond acceptors (Lipinski definition) is 6. The summed E-state index contributed by atoms with van der Waals surface area (Å²) >= 11 is 0. The van der Waals surface area contributed by atoms with Gasteiger partial charge >= 0.3 is 11.9 Å². The van der Waals surface area contributed by atoms with Crippen LogP contribution in [0.3, 0.4) is 0 Å². The Kier molecular flexibility index (Phi) is 7.13. The topological polar surface area (TPSA) is 107 Å². The third kappa shape index (κ3) is 5.26. The zero-order chi connectivity index (χ0) is 21.0. The summed E-state index contributed by atoms with van der Waals surface area (Å²) in [5.41, 5.74) is 0.871. The summed E-state index contributed by atoms with van der Waals surface area (Å²) in [5.74, 6) is -0.689. The van der Waals surface area contributed by atoms with Gasteiger partial charge in [0.15, 0.2) is 0 Å². The summed E-state index contributed by atoms with van der Waals surface area (Å²) < 4.78 is 0. The highest BCUT2D eigenvalue weighted by Crippen LogP contribution is 2.50. The lowest BCUT2D eigenvalue weighted by Gasteiger charge is -2.28. The first-order valence-electron chi connectivity index (χ1n) is 9.62. The Morgan fingerprint density at radius 1 is 1.21 bits per heavy atom. The summed E-state index contributed by atoms with van der Waals surface area (Å²) in [5, 5.41) is 22.1. The smallest absolute Gasteiger partial charge is 0.326 e. The molecule has 2 fully saturated rings. The van der Waals surface area contributed by atoms with Gasteiger partial charge in [0.2, 0.25) is 5.91 Å². The van der Waals surface area contributed by atoms with Crippen LogP contribution >= 0.6 is 21.6 Å². The van der Waals surface area contributed by atoms with Crippen molar-refractivity contribution in [1.82, 2.24) is 10.2 Å². The largest absolute Gasteiger partial charge is 0.480 e. The Morgan fingerprint density at radius 3 is 2.45 bits per heavy atom. The van der Waals surface area contributed by atoms with Crippen LogP contribution in [0.1, 0.15) is 25.3 Å². The minimum Gasteiger partial charge on any atom is -0.480 e. The number of aryl methyl sites for hydroxylation is 1. The van der Waals surface area contributed by atoms with E-state index in [1.165, 1.54) is 4.90 Å². The summed E-state index contributed by atoms with van der Waals surface area (Å²) in [6.45, 7) is 2.03. The maximum absolute atomic E-state index is 13.0. The summed E-state index contributed by atoms with van der Waals surface area (Å²) in [4.78, 5) is 37.9. The van der Waals surface area contributed by atoms with Gasteiger partial charge in [0.1, 0.15) is 12.1 Å². The molecule has 1 aromatic carbocycles. The van der Waals surface area contributed by atoms with Gasteiger partial charge in [-0.3, -0.25) is 14.9 Å². The number of aliphatic carboxylic acids is 2. The number of likely N-dealkylation sites (tertiary alicyclic amines) is 1. The number of hydrogen-bond donors (Lipinski definition) is 3. The Morgan fingerprint density at radius 2 is 1.86 bits per heavy atom. The minimum atomic E-state index is -1.02. The van der Waals surface area contributed by atoms with Crippen molar-refractivity contribution in [2.75, 3.05) is 18.1 Å². The van der Waals surface area contributed by atoms with Crippen LogP contribution in [0.2, 0.25) is 0 Å². The molecule has 0 aliphatic carbocycles. The van der Waals surface area contributed by atoms with E-state index in [-0.39, 0.29) is 11.3 Å². The Bertz CT molecular complexity index is 754. The van der Waals surface area contributed by atoms with Crippen molar-refractivity contribution >= 4 is 39.4 Å². The molecule has 0 saturated carbocycles. The van der Waals surface area contributed by atoms with Gasteiger partial charge in [-0.2, -0.15) is 0 Å². The van der Waals surface area contributed by atoms with Gasteiger partial charge in [-0.25, -0.2) is 4.79 Å². The Balaban J connectivity index is 1.64. The molecule has 29 heavy (non-hydrogen) atoms. The van der Waals surface area contributed by atoms with E-state index in [9.17, 15) is 24.6 Å². The molecule has 2 aliphatic rings. The number of rotatable bonds is 8. The van der Waals surface area contributed by atoms with E-state index in [4.69, 9.17) is 0 Å². The highest BCUT2D eigenvalue weighted by molar-refractivity contribution is 8.77. The molecule has 9 heteroatoms. The van der Waals surface area contributed by atoms with Crippen molar-refractivity contribution in [2.45, 2.75) is 44.3 Å². The second kappa shape index (κ2) is 9.40. The van der Waals surface area contributed by atoms with Gasteiger partial charge in [0.25, 0.3) is 0 Å². The van der Waals surface area contributed by atoms with Gasteiger partial charge < -0.3 is 15.1 Å². The van der Waals surface area contributed by atoms with Crippen LogP contribution in [-0.4, -0.2) is 69.1 Å². The number of carbonyl (C=O) groups excluding carboxylic acids is 1. The van der Waals surface area contributed by atoms with Crippen LogP contribution in [0, 0.1) is 5.41 Å². The van der Waals surface area contributed by atoms with Crippen LogP contribution in [-0.2, 0) is 20.8 Å². The first-order chi connectivity index (χ1) is 13.8. The first-order valence-corrected chi connectivity index (χ1v) is 12.1. The number of carbonyl (C=O) groups is 3. The predicted octanol–water partition coefficient (Wildman–Crippen LogP) is 2.12. The molecule has 2 aliphatic heterocycles. The van der Waals surface area contributed by atoms with E-state index in [0.717, 1.165) is 17.1 Å². The van der Waals surface area contributed by atoms with Gasteiger partial charge in [0, 0.05) is 23.5 Å². The fourth-order valence-corrected chi connectivity index (χ4v) is 7.37. The number of nitrogens with one attached hydrogen (secondary N) is 1. The molecule has 0 radical (unpaired) electrons. The molecule has 0 bridgehead atoms. The van der Waals surface area contributed by atoms with Crippen LogP contribution in [0.25, 0.3) is 0 Å². The third-order valence-electron chi connectivity index (χ3n) is 5.57. The van der Waals surface area contributed by atoms with Crippen molar-refractivity contribution in [1.29, 1.82) is 0 Å². The van der Waals surface area contributed by atoms with E-state index in [1.807, 2.05) is 30.3 Å². The van der Waals surface area contributed by atoms with E-state index in [2.05, 4.69) is 5.32 Å². The molecule has 3 rings (SSSR count). The van der Waals surface area contributed by atoms with Crippen LogP contribution < -0.4 is 5.32 Å². The van der Waals surface area contributed by atoms with Crippen molar-refractivity contribution in [3.63, 3.8) is 0 Å². The zero-order valence-corrected chi connectivity index (χ0v) is 17.9. The summed E-state index contributed by atoms with van der Waals surface area (Å²) in [7, 11) is 3.44. The van der Waals surface area contributed by atoms with E-state index in [1.54, 1.807) is 28.5 Å². The normalized spacial score (nSPS) is 22.5. The highest BCUT2D eigenvalue weighted by Gasteiger charge is 2.51. The minimum absolute atomic E-state index is 0.159. The van der Waals surface area contributed by atoms with E-state index < -0.39 is 30.1 Å². The number of carboxylic acids is 2. The van der Waals surface area contributed by atoms with Crippen LogP contribution in [0.5, 0.6) is 0 Å². The Hall–Kier alpha value is -1.71. The second-order valence-corrected chi connectivity index (χ2v) is 10.3. The highest BCUT2D eigenvalue weighted by atomic mass is 33.1. The monoisotopic (exact) mass is 438 g/mol. The fraction of sp³-hybridized carbons (Fsp3) is 0.550. The fourth-order valence-electron chi connectivity index (χ4n) is 3.95. The van der Waals surface area contributed by atoms with E-state index >= 15 is 0 Å². The number of nitrogens with zero attached hydrogens (tertiary/aromatic N) is 1. The summed E-state index contributed by atoms with van der Waals surface area (Å²) in [6.07, 6.45) is 1.37. The zero-order valence-electron chi connectivity index (χ0n) is 16.2. The molecule has 2 heterocycles.